The van der Waals surface area contributed by atoms with Crippen molar-refractivity contribution in [3.63, 3.8) is 0 Å². The summed E-state index contributed by atoms with van der Waals surface area (Å²) in [5, 5.41) is 0. The topological polar surface area (TPSA) is 25.8 Å². The van der Waals surface area contributed by atoms with Crippen LogP contribution in [0.5, 0.6) is 0 Å². The largest absolute Gasteiger partial charge is 0.228 e. The quantitative estimate of drug-likeness (QED) is 0.159. The summed E-state index contributed by atoms with van der Waals surface area (Å²) in [6.45, 7) is 0. The van der Waals surface area contributed by atoms with Crippen LogP contribution in [0.1, 0.15) is 0 Å². The molecule has 0 atom stereocenters. The fraction of sp³-hybridized carbons (Fsp3) is 0. The van der Waals surface area contributed by atoms with Crippen molar-refractivity contribution in [2.75, 3.05) is 0 Å². The molecule has 9 rings (SSSR count). The second-order valence-corrected chi connectivity index (χ2v) is 13.4. The Labute approximate surface area is 316 Å². The van der Waals surface area contributed by atoms with Gasteiger partial charge in [-0.15, -0.1) is 0 Å². The van der Waals surface area contributed by atoms with Crippen molar-refractivity contribution in [3.8, 4) is 89.5 Å². The number of rotatable bonds is 8. The van der Waals surface area contributed by atoms with E-state index in [0.29, 0.717) is 5.82 Å². The zero-order valence-electron chi connectivity index (χ0n) is 29.7. The third-order valence-corrected chi connectivity index (χ3v) is 9.89. The van der Waals surface area contributed by atoms with Gasteiger partial charge >= 0.3 is 0 Å². The van der Waals surface area contributed by atoms with E-state index in [0.717, 1.165) is 83.7 Å². The second-order valence-electron chi connectivity index (χ2n) is 13.4. The van der Waals surface area contributed by atoms with E-state index in [4.69, 9.17) is 9.97 Å². The van der Waals surface area contributed by atoms with Gasteiger partial charge in [0.05, 0.1) is 11.4 Å². The van der Waals surface area contributed by atoms with Crippen LogP contribution in [-0.2, 0) is 0 Å². The van der Waals surface area contributed by atoms with E-state index in [2.05, 4.69) is 212 Å². The maximum atomic E-state index is 5.46. The van der Waals surface area contributed by atoms with E-state index in [1.807, 2.05) is 6.07 Å². The molecule has 0 saturated carbocycles. The first-order valence-electron chi connectivity index (χ1n) is 18.3. The van der Waals surface area contributed by atoms with Gasteiger partial charge in [0.15, 0.2) is 5.82 Å². The zero-order chi connectivity index (χ0) is 36.1. The van der Waals surface area contributed by atoms with Gasteiger partial charge in [-0.25, -0.2) is 9.97 Å². The van der Waals surface area contributed by atoms with Crippen molar-refractivity contribution in [2.24, 2.45) is 0 Å². The van der Waals surface area contributed by atoms with Crippen LogP contribution in [0.15, 0.2) is 218 Å². The van der Waals surface area contributed by atoms with E-state index in [1.54, 1.807) is 0 Å². The zero-order valence-corrected chi connectivity index (χ0v) is 29.7. The van der Waals surface area contributed by atoms with Gasteiger partial charge in [-0.05, 0) is 79.9 Å². The van der Waals surface area contributed by atoms with Crippen molar-refractivity contribution >= 4 is 0 Å². The van der Waals surface area contributed by atoms with E-state index in [1.165, 1.54) is 0 Å². The minimum absolute atomic E-state index is 0.678. The number of benzene rings is 8. The lowest BCUT2D eigenvalue weighted by molar-refractivity contribution is 1.18. The Morgan fingerprint density at radius 3 is 1.04 bits per heavy atom. The maximum Gasteiger partial charge on any atom is 0.160 e. The molecular weight excluding hydrogens is 653 g/mol. The Hall–Kier alpha value is -7.16. The lowest BCUT2D eigenvalue weighted by atomic mass is 9.84. The number of hydrogen-bond acceptors (Lipinski definition) is 2. The van der Waals surface area contributed by atoms with Crippen molar-refractivity contribution in [1.82, 2.24) is 9.97 Å². The first kappa shape index (κ1) is 32.7. The first-order valence-corrected chi connectivity index (χ1v) is 18.3. The molecule has 0 saturated heterocycles. The summed E-state index contributed by atoms with van der Waals surface area (Å²) in [5.41, 5.74) is 16.2. The molecule has 54 heavy (non-hydrogen) atoms. The fourth-order valence-corrected chi connectivity index (χ4v) is 7.30. The molecule has 0 amide bonds. The highest BCUT2D eigenvalue weighted by Crippen LogP contribution is 2.46. The Bertz CT molecular complexity index is 2600. The standard InChI is InChI=1S/C52H36N2/c1-7-19-37(20-8-1)43-33-44(38-21-9-2-10-22-38)35-45(34-43)48-36-49(54-52(53-48)42-29-17-6-18-30-42)51-47(40-25-13-4-14-26-40)32-31-46(39-23-11-3-12-24-39)50(51)41-27-15-5-16-28-41/h1-36H. The fourth-order valence-electron chi connectivity index (χ4n) is 7.30. The molecule has 1 aromatic heterocycles. The smallest absolute Gasteiger partial charge is 0.160 e. The summed E-state index contributed by atoms with van der Waals surface area (Å²) in [6, 6.07) is 77.0. The van der Waals surface area contributed by atoms with E-state index in [9.17, 15) is 0 Å². The molecule has 0 spiro atoms. The molecule has 2 nitrogen and oxygen atoms in total. The molecule has 0 aliphatic carbocycles. The summed E-state index contributed by atoms with van der Waals surface area (Å²) >= 11 is 0. The third kappa shape index (κ3) is 6.65. The normalized spacial score (nSPS) is 11.0. The molecule has 1 heterocycles. The molecule has 0 radical (unpaired) electrons. The minimum atomic E-state index is 0.678. The van der Waals surface area contributed by atoms with Gasteiger partial charge in [0, 0.05) is 16.7 Å². The molecule has 9 aromatic rings. The monoisotopic (exact) mass is 688 g/mol. The highest BCUT2D eigenvalue weighted by molar-refractivity contribution is 6.01. The Kier molecular flexibility index (Phi) is 8.99. The van der Waals surface area contributed by atoms with Gasteiger partial charge in [-0.3, -0.25) is 0 Å². The van der Waals surface area contributed by atoms with E-state index < -0.39 is 0 Å². The van der Waals surface area contributed by atoms with Gasteiger partial charge < -0.3 is 0 Å². The Morgan fingerprint density at radius 1 is 0.222 bits per heavy atom. The number of aromatic nitrogens is 2. The summed E-state index contributed by atoms with van der Waals surface area (Å²) in [7, 11) is 0. The maximum absolute atomic E-state index is 5.46. The lowest BCUT2D eigenvalue weighted by Gasteiger charge is -2.21. The van der Waals surface area contributed by atoms with Gasteiger partial charge in [0.2, 0.25) is 0 Å². The highest BCUT2D eigenvalue weighted by atomic mass is 14.9. The Balaban J connectivity index is 1.38. The molecule has 2 heteroatoms. The van der Waals surface area contributed by atoms with Crippen LogP contribution in [0.25, 0.3) is 89.5 Å². The summed E-state index contributed by atoms with van der Waals surface area (Å²) < 4.78 is 0. The van der Waals surface area contributed by atoms with Crippen LogP contribution in [0, 0.1) is 0 Å². The molecule has 0 aliphatic rings. The highest BCUT2D eigenvalue weighted by Gasteiger charge is 2.22. The van der Waals surface area contributed by atoms with Gasteiger partial charge in [0.25, 0.3) is 0 Å². The molecular formula is C52H36N2. The minimum Gasteiger partial charge on any atom is -0.228 e. The average Bonchev–Trinajstić information content (AvgIpc) is 3.27. The van der Waals surface area contributed by atoms with Crippen LogP contribution in [0.2, 0.25) is 0 Å². The predicted molar refractivity (Wildman–Crippen MR) is 226 cm³/mol. The second kappa shape index (κ2) is 14.8. The van der Waals surface area contributed by atoms with Crippen LogP contribution in [-0.4, -0.2) is 9.97 Å². The first-order chi connectivity index (χ1) is 26.8. The Morgan fingerprint density at radius 2 is 0.574 bits per heavy atom. The molecule has 0 N–H and O–H groups in total. The molecule has 254 valence electrons. The lowest BCUT2D eigenvalue weighted by Crippen LogP contribution is -2.00. The average molecular weight is 689 g/mol. The molecule has 0 bridgehead atoms. The van der Waals surface area contributed by atoms with Crippen molar-refractivity contribution in [1.29, 1.82) is 0 Å². The molecule has 0 fully saturated rings. The molecule has 8 aromatic carbocycles. The SMILES string of the molecule is c1ccc(-c2cc(-c3ccccc3)cc(-c3cc(-c4c(-c5ccccc5)ccc(-c5ccccc5)c4-c4ccccc4)nc(-c4ccccc4)n3)c2)cc1. The predicted octanol–water partition coefficient (Wildman–Crippen LogP) is 13.8. The number of hydrogen-bond donors (Lipinski definition) is 0. The van der Waals surface area contributed by atoms with Crippen LogP contribution < -0.4 is 0 Å². The summed E-state index contributed by atoms with van der Waals surface area (Å²) in [6.07, 6.45) is 0. The summed E-state index contributed by atoms with van der Waals surface area (Å²) in [4.78, 5) is 10.8. The summed E-state index contributed by atoms with van der Waals surface area (Å²) in [5.74, 6) is 0.678. The van der Waals surface area contributed by atoms with Crippen LogP contribution in [0.4, 0.5) is 0 Å². The number of nitrogens with zero attached hydrogens (tertiary/aromatic N) is 2. The van der Waals surface area contributed by atoms with E-state index in [-0.39, 0.29) is 0 Å². The van der Waals surface area contributed by atoms with Crippen molar-refractivity contribution < 1.29 is 0 Å². The van der Waals surface area contributed by atoms with Crippen LogP contribution >= 0.6 is 0 Å². The molecule has 0 aliphatic heterocycles. The van der Waals surface area contributed by atoms with Crippen LogP contribution in [0.3, 0.4) is 0 Å². The van der Waals surface area contributed by atoms with Crippen molar-refractivity contribution in [2.45, 2.75) is 0 Å². The van der Waals surface area contributed by atoms with Gasteiger partial charge in [-0.2, -0.15) is 0 Å². The van der Waals surface area contributed by atoms with E-state index >= 15 is 0 Å². The van der Waals surface area contributed by atoms with Crippen molar-refractivity contribution in [3.05, 3.63) is 218 Å². The third-order valence-electron chi connectivity index (χ3n) is 9.89. The molecule has 0 unspecified atom stereocenters. The van der Waals surface area contributed by atoms with Gasteiger partial charge in [0.1, 0.15) is 0 Å². The van der Waals surface area contributed by atoms with Gasteiger partial charge in [-0.1, -0.05) is 194 Å².